The van der Waals surface area contributed by atoms with E-state index in [1.165, 1.54) is 31.6 Å². The van der Waals surface area contributed by atoms with E-state index in [2.05, 4.69) is 19.7 Å². The summed E-state index contributed by atoms with van der Waals surface area (Å²) < 4.78 is 31.2. The molecule has 2 rings (SSSR count). The van der Waals surface area contributed by atoms with Crippen LogP contribution in [0.3, 0.4) is 0 Å². The minimum atomic E-state index is -3.93. The monoisotopic (exact) mass is 315 g/mol. The van der Waals surface area contributed by atoms with Crippen molar-refractivity contribution in [2.45, 2.75) is 4.90 Å². The molecule has 9 heteroatoms. The maximum atomic E-state index is 12.2. The highest BCUT2D eigenvalue weighted by atomic mass is 35.5. The number of methoxy groups -OCH3 is 1. The van der Waals surface area contributed by atoms with Crippen LogP contribution in [0.5, 0.6) is 0 Å². The van der Waals surface area contributed by atoms with Crippen molar-refractivity contribution < 1.29 is 17.9 Å². The van der Waals surface area contributed by atoms with Crippen LogP contribution in [0.1, 0.15) is 10.4 Å². The van der Waals surface area contributed by atoms with Gasteiger partial charge in [-0.3, -0.25) is 9.82 Å². The van der Waals surface area contributed by atoms with Gasteiger partial charge in [0.25, 0.3) is 10.0 Å². The van der Waals surface area contributed by atoms with Gasteiger partial charge in [0.05, 0.1) is 29.6 Å². The van der Waals surface area contributed by atoms with E-state index in [-0.39, 0.29) is 21.2 Å². The summed E-state index contributed by atoms with van der Waals surface area (Å²) >= 11 is 5.87. The number of halogens is 1. The molecule has 0 aliphatic heterocycles. The number of sulfonamides is 1. The molecule has 0 saturated carbocycles. The number of rotatable bonds is 4. The molecule has 0 unspecified atom stereocenters. The second-order valence-electron chi connectivity index (χ2n) is 3.73. The molecule has 1 aromatic heterocycles. The zero-order valence-electron chi connectivity index (χ0n) is 10.3. The number of hydrogen-bond acceptors (Lipinski definition) is 5. The summed E-state index contributed by atoms with van der Waals surface area (Å²) in [6.07, 6.45) is 2.67. The van der Waals surface area contributed by atoms with E-state index < -0.39 is 16.0 Å². The van der Waals surface area contributed by atoms with Gasteiger partial charge in [0, 0.05) is 6.20 Å². The van der Waals surface area contributed by atoms with Crippen molar-refractivity contribution >= 4 is 33.3 Å². The summed E-state index contributed by atoms with van der Waals surface area (Å²) in [6.45, 7) is 0. The van der Waals surface area contributed by atoms with Crippen molar-refractivity contribution in [2.75, 3.05) is 11.8 Å². The molecule has 0 spiro atoms. The lowest BCUT2D eigenvalue weighted by Crippen LogP contribution is -2.14. The number of hydrogen-bond donors (Lipinski definition) is 2. The lowest BCUT2D eigenvalue weighted by atomic mass is 10.2. The number of benzene rings is 1. The Morgan fingerprint density at radius 2 is 2.20 bits per heavy atom. The Morgan fingerprint density at radius 3 is 2.80 bits per heavy atom. The highest BCUT2D eigenvalue weighted by molar-refractivity contribution is 7.92. The fourth-order valence-electron chi connectivity index (χ4n) is 1.47. The van der Waals surface area contributed by atoms with Gasteiger partial charge < -0.3 is 4.74 Å². The van der Waals surface area contributed by atoms with Crippen molar-refractivity contribution in [2.24, 2.45) is 0 Å². The summed E-state index contributed by atoms with van der Waals surface area (Å²) in [7, 11) is -2.72. The molecule has 0 aliphatic rings. The average molecular weight is 316 g/mol. The molecule has 20 heavy (non-hydrogen) atoms. The van der Waals surface area contributed by atoms with Crippen LogP contribution < -0.4 is 4.72 Å². The number of esters is 1. The number of H-pyrrole nitrogens is 1. The number of nitrogens with one attached hydrogen (secondary N) is 2. The van der Waals surface area contributed by atoms with E-state index in [4.69, 9.17) is 11.6 Å². The fourth-order valence-corrected chi connectivity index (χ4v) is 3.03. The van der Waals surface area contributed by atoms with E-state index in [0.717, 1.165) is 6.07 Å². The van der Waals surface area contributed by atoms with Crippen LogP contribution in [0.4, 0.5) is 5.69 Å². The number of nitrogens with zero attached hydrogens (tertiary/aromatic N) is 1. The molecule has 1 heterocycles. The van der Waals surface area contributed by atoms with Crippen molar-refractivity contribution in [3.63, 3.8) is 0 Å². The minimum Gasteiger partial charge on any atom is -0.465 e. The Labute approximate surface area is 120 Å². The van der Waals surface area contributed by atoms with Gasteiger partial charge in [-0.1, -0.05) is 11.6 Å². The second kappa shape index (κ2) is 5.51. The number of carbonyl (C=O) groups excluding carboxylic acids is 1. The number of aromatic nitrogens is 2. The molecule has 0 saturated heterocycles. The molecule has 2 aromatic rings. The van der Waals surface area contributed by atoms with Crippen LogP contribution in [0.15, 0.2) is 35.5 Å². The van der Waals surface area contributed by atoms with Gasteiger partial charge >= 0.3 is 5.97 Å². The predicted octanol–water partition coefficient (Wildman–Crippen LogP) is 1.65. The molecule has 0 radical (unpaired) electrons. The first kappa shape index (κ1) is 14.4. The van der Waals surface area contributed by atoms with E-state index >= 15 is 0 Å². The maximum Gasteiger partial charge on any atom is 0.337 e. The Hall–Kier alpha value is -2.06. The van der Waals surface area contributed by atoms with Gasteiger partial charge in [-0.25, -0.2) is 13.2 Å². The van der Waals surface area contributed by atoms with Gasteiger partial charge in [0.2, 0.25) is 0 Å². The standard InChI is InChI=1S/C11H10ClN3O4S/c1-19-11(16)7-2-3-9(12)10(4-7)20(17,18)15-8-5-13-14-6-8/h2-6,15H,1H3,(H,13,14). The van der Waals surface area contributed by atoms with Crippen molar-refractivity contribution in [1.82, 2.24) is 10.2 Å². The lowest BCUT2D eigenvalue weighted by molar-refractivity contribution is 0.0600. The predicted molar refractivity (Wildman–Crippen MR) is 72.2 cm³/mol. The summed E-state index contributed by atoms with van der Waals surface area (Å²) in [5, 5.41) is 6.09. The van der Waals surface area contributed by atoms with Crippen LogP contribution in [-0.2, 0) is 14.8 Å². The smallest absolute Gasteiger partial charge is 0.337 e. The van der Waals surface area contributed by atoms with Crippen LogP contribution in [0.25, 0.3) is 0 Å². The first-order valence-corrected chi connectivity index (χ1v) is 7.19. The zero-order chi connectivity index (χ0) is 14.8. The summed E-state index contributed by atoms with van der Waals surface area (Å²) in [6, 6.07) is 3.85. The Bertz CT molecular complexity index is 728. The van der Waals surface area contributed by atoms with Crippen LogP contribution in [0.2, 0.25) is 5.02 Å². The van der Waals surface area contributed by atoms with Gasteiger partial charge in [-0.05, 0) is 18.2 Å². The minimum absolute atomic E-state index is 0.00588. The molecule has 0 amide bonds. The normalized spacial score (nSPS) is 11.1. The van der Waals surface area contributed by atoms with Crippen molar-refractivity contribution in [3.8, 4) is 0 Å². The van der Waals surface area contributed by atoms with Crippen LogP contribution >= 0.6 is 11.6 Å². The highest BCUT2D eigenvalue weighted by Gasteiger charge is 2.20. The van der Waals surface area contributed by atoms with Gasteiger partial charge in [-0.15, -0.1) is 0 Å². The lowest BCUT2D eigenvalue weighted by Gasteiger charge is -2.09. The first-order chi connectivity index (χ1) is 9.44. The number of carbonyl (C=O) groups is 1. The molecule has 106 valence electrons. The van der Waals surface area contributed by atoms with Gasteiger partial charge in [-0.2, -0.15) is 5.10 Å². The molecule has 7 nitrogen and oxygen atoms in total. The van der Waals surface area contributed by atoms with E-state index in [0.29, 0.717) is 0 Å². The SMILES string of the molecule is COC(=O)c1ccc(Cl)c(S(=O)(=O)Nc2cn[nH]c2)c1. The summed E-state index contributed by atoms with van der Waals surface area (Å²) in [5.74, 6) is -0.651. The quantitative estimate of drug-likeness (QED) is 0.835. The third-order valence-corrected chi connectivity index (χ3v) is 4.26. The van der Waals surface area contributed by atoms with Gasteiger partial charge in [0.15, 0.2) is 0 Å². The Morgan fingerprint density at radius 1 is 1.45 bits per heavy atom. The number of anilines is 1. The fraction of sp³-hybridized carbons (Fsp3) is 0.0909. The zero-order valence-corrected chi connectivity index (χ0v) is 11.8. The summed E-state index contributed by atoms with van der Waals surface area (Å²) in [5.41, 5.74) is 0.342. The van der Waals surface area contributed by atoms with E-state index in [1.54, 1.807) is 0 Å². The third-order valence-electron chi connectivity index (χ3n) is 2.39. The first-order valence-electron chi connectivity index (χ1n) is 5.33. The van der Waals surface area contributed by atoms with Crippen molar-refractivity contribution in [3.05, 3.63) is 41.2 Å². The van der Waals surface area contributed by atoms with Gasteiger partial charge in [0.1, 0.15) is 4.90 Å². The molecule has 0 aliphatic carbocycles. The third kappa shape index (κ3) is 2.91. The van der Waals surface area contributed by atoms with E-state index in [1.807, 2.05) is 0 Å². The largest absolute Gasteiger partial charge is 0.465 e. The second-order valence-corrected chi connectivity index (χ2v) is 5.79. The molecular formula is C11H10ClN3O4S. The summed E-state index contributed by atoms with van der Waals surface area (Å²) in [4.78, 5) is 11.2. The molecule has 0 atom stereocenters. The molecular weight excluding hydrogens is 306 g/mol. The molecule has 0 fully saturated rings. The van der Waals surface area contributed by atoms with E-state index in [9.17, 15) is 13.2 Å². The number of aromatic amines is 1. The average Bonchev–Trinajstić information content (AvgIpc) is 2.90. The topological polar surface area (TPSA) is 101 Å². The highest BCUT2D eigenvalue weighted by Crippen LogP contribution is 2.25. The molecule has 0 bridgehead atoms. The van der Waals surface area contributed by atoms with Crippen LogP contribution in [-0.4, -0.2) is 31.7 Å². The maximum absolute atomic E-state index is 12.2. The molecule has 1 aromatic carbocycles. The number of ether oxygens (including phenoxy) is 1. The molecule has 2 N–H and O–H groups in total. The Balaban J connectivity index is 2.42. The van der Waals surface area contributed by atoms with Crippen LogP contribution in [0, 0.1) is 0 Å². The Kier molecular flexibility index (Phi) is 3.96. The van der Waals surface area contributed by atoms with Crippen molar-refractivity contribution in [1.29, 1.82) is 0 Å².